The zero-order valence-corrected chi connectivity index (χ0v) is 14.4. The van der Waals surface area contributed by atoms with Crippen molar-refractivity contribution >= 4 is 31.9 Å². The number of hydrogen-bond donors (Lipinski definition) is 2. The largest absolute Gasteiger partial charge is 0.496 e. The summed E-state index contributed by atoms with van der Waals surface area (Å²) in [6, 6.07) is 3.07. The molecule has 0 aromatic heterocycles. The first-order valence-corrected chi connectivity index (χ1v) is 8.59. The second kappa shape index (κ2) is 7.24. The Labute approximate surface area is 132 Å². The third-order valence-electron chi connectivity index (χ3n) is 3.19. The molecule has 1 aromatic rings. The highest BCUT2D eigenvalue weighted by Crippen LogP contribution is 2.27. The van der Waals surface area contributed by atoms with E-state index in [1.54, 1.807) is 13.8 Å². The first-order valence-electron chi connectivity index (χ1n) is 6.31. The summed E-state index contributed by atoms with van der Waals surface area (Å²) in [5.74, 6) is -1.02. The molecule has 6 nitrogen and oxygen atoms in total. The van der Waals surface area contributed by atoms with Gasteiger partial charge in [0.15, 0.2) is 0 Å². The van der Waals surface area contributed by atoms with E-state index in [1.165, 1.54) is 25.3 Å². The average Bonchev–Trinajstić information content (AvgIpc) is 2.43. The highest BCUT2D eigenvalue weighted by atomic mass is 79.9. The van der Waals surface area contributed by atoms with Gasteiger partial charge in [0.2, 0.25) is 10.0 Å². The number of hydrogen-bond acceptors (Lipinski definition) is 4. The SMILES string of the molecule is CC[C@H](C)[C@H](NS(=O)(=O)c1ccc(OC)c(Br)c1)C(=O)O. The van der Waals surface area contributed by atoms with Crippen molar-refractivity contribution in [2.45, 2.75) is 31.2 Å². The van der Waals surface area contributed by atoms with Crippen molar-refractivity contribution in [1.82, 2.24) is 4.72 Å². The Balaban J connectivity index is 3.10. The maximum absolute atomic E-state index is 12.3. The second-order valence-electron chi connectivity index (χ2n) is 4.62. The van der Waals surface area contributed by atoms with E-state index >= 15 is 0 Å². The molecule has 118 valence electrons. The van der Waals surface area contributed by atoms with Crippen LogP contribution in [0.4, 0.5) is 0 Å². The predicted molar refractivity (Wildman–Crippen MR) is 81.9 cm³/mol. The fraction of sp³-hybridized carbons (Fsp3) is 0.462. The molecule has 0 bridgehead atoms. The minimum absolute atomic E-state index is 0.0234. The van der Waals surface area contributed by atoms with Crippen LogP contribution in [0.1, 0.15) is 20.3 Å². The predicted octanol–water partition coefficient (Wildman–Crippen LogP) is 2.24. The van der Waals surface area contributed by atoms with Gasteiger partial charge in [-0.3, -0.25) is 4.79 Å². The van der Waals surface area contributed by atoms with Crippen LogP contribution in [0.5, 0.6) is 5.75 Å². The Bertz CT molecular complexity index is 617. The average molecular weight is 380 g/mol. The molecule has 0 aliphatic heterocycles. The quantitative estimate of drug-likeness (QED) is 0.757. The molecular formula is C13H18BrNO5S. The van der Waals surface area contributed by atoms with Gasteiger partial charge in [0.1, 0.15) is 11.8 Å². The van der Waals surface area contributed by atoms with Crippen molar-refractivity contribution in [3.05, 3.63) is 22.7 Å². The summed E-state index contributed by atoms with van der Waals surface area (Å²) >= 11 is 3.20. The van der Waals surface area contributed by atoms with Gasteiger partial charge in [0, 0.05) is 0 Å². The fourth-order valence-electron chi connectivity index (χ4n) is 1.70. The summed E-state index contributed by atoms with van der Waals surface area (Å²) in [6.45, 7) is 3.49. The molecule has 21 heavy (non-hydrogen) atoms. The molecule has 0 amide bonds. The minimum Gasteiger partial charge on any atom is -0.496 e. The summed E-state index contributed by atoms with van der Waals surface area (Å²) in [7, 11) is -2.46. The fourth-order valence-corrected chi connectivity index (χ4v) is 3.71. The molecule has 0 saturated carbocycles. The third kappa shape index (κ3) is 4.42. The Kier molecular flexibility index (Phi) is 6.18. The summed E-state index contributed by atoms with van der Waals surface area (Å²) in [5.41, 5.74) is 0. The lowest BCUT2D eigenvalue weighted by atomic mass is 10.0. The van der Waals surface area contributed by atoms with E-state index in [9.17, 15) is 13.2 Å². The summed E-state index contributed by atoms with van der Waals surface area (Å²) in [6.07, 6.45) is 0.547. The Morgan fingerprint density at radius 1 is 1.48 bits per heavy atom. The maximum Gasteiger partial charge on any atom is 0.322 e. The number of rotatable bonds is 7. The van der Waals surface area contributed by atoms with Crippen LogP contribution in [0.2, 0.25) is 0 Å². The number of ether oxygens (including phenoxy) is 1. The lowest BCUT2D eigenvalue weighted by Crippen LogP contribution is -2.44. The number of sulfonamides is 1. The molecule has 2 N–H and O–H groups in total. The number of methoxy groups -OCH3 is 1. The molecule has 1 aromatic carbocycles. The topological polar surface area (TPSA) is 92.7 Å². The van der Waals surface area contributed by atoms with Gasteiger partial charge in [-0.2, -0.15) is 4.72 Å². The Morgan fingerprint density at radius 3 is 2.52 bits per heavy atom. The molecule has 0 aliphatic carbocycles. The van der Waals surface area contributed by atoms with Crippen LogP contribution < -0.4 is 9.46 Å². The molecule has 1 rings (SSSR count). The Hall–Kier alpha value is -1.12. The second-order valence-corrected chi connectivity index (χ2v) is 7.19. The number of aliphatic carboxylic acids is 1. The molecule has 0 spiro atoms. The molecule has 8 heteroatoms. The van der Waals surface area contributed by atoms with Crippen LogP contribution in [0.3, 0.4) is 0 Å². The van der Waals surface area contributed by atoms with Gasteiger partial charge in [-0.05, 0) is 40.0 Å². The van der Waals surface area contributed by atoms with Gasteiger partial charge in [0.05, 0.1) is 16.5 Å². The van der Waals surface area contributed by atoms with Crippen LogP contribution in [0.25, 0.3) is 0 Å². The van der Waals surface area contributed by atoms with Crippen molar-refractivity contribution in [2.24, 2.45) is 5.92 Å². The van der Waals surface area contributed by atoms with Gasteiger partial charge < -0.3 is 9.84 Å². The zero-order chi connectivity index (χ0) is 16.2. The first kappa shape index (κ1) is 17.9. The molecule has 0 radical (unpaired) electrons. The number of halogens is 1. The first-order chi connectivity index (χ1) is 9.72. The smallest absolute Gasteiger partial charge is 0.322 e. The summed E-state index contributed by atoms with van der Waals surface area (Å²) < 4.78 is 32.3. The number of carbonyl (C=O) groups is 1. The van der Waals surface area contributed by atoms with Gasteiger partial charge in [-0.15, -0.1) is 0 Å². The van der Waals surface area contributed by atoms with E-state index in [1.807, 2.05) is 0 Å². The van der Waals surface area contributed by atoms with Crippen molar-refractivity contribution < 1.29 is 23.1 Å². The minimum atomic E-state index is -3.92. The van der Waals surface area contributed by atoms with E-state index in [2.05, 4.69) is 20.7 Å². The van der Waals surface area contributed by atoms with E-state index in [0.29, 0.717) is 16.6 Å². The van der Waals surface area contributed by atoms with Gasteiger partial charge >= 0.3 is 5.97 Å². The van der Waals surface area contributed by atoms with Crippen LogP contribution in [0, 0.1) is 5.92 Å². The van der Waals surface area contributed by atoms with Crippen LogP contribution in [-0.4, -0.2) is 32.6 Å². The van der Waals surface area contributed by atoms with E-state index in [4.69, 9.17) is 9.84 Å². The summed E-state index contributed by atoms with van der Waals surface area (Å²) in [4.78, 5) is 11.2. The number of carboxylic acids is 1. The highest BCUT2D eigenvalue weighted by molar-refractivity contribution is 9.10. The lowest BCUT2D eigenvalue weighted by Gasteiger charge is -2.20. The van der Waals surface area contributed by atoms with Crippen molar-refractivity contribution in [1.29, 1.82) is 0 Å². The molecule has 0 saturated heterocycles. The maximum atomic E-state index is 12.3. The van der Waals surface area contributed by atoms with Gasteiger partial charge in [-0.25, -0.2) is 8.42 Å². The summed E-state index contributed by atoms with van der Waals surface area (Å²) in [5, 5.41) is 9.17. The van der Waals surface area contributed by atoms with Crippen molar-refractivity contribution in [2.75, 3.05) is 7.11 Å². The van der Waals surface area contributed by atoms with Crippen LogP contribution in [0.15, 0.2) is 27.6 Å². The molecular weight excluding hydrogens is 362 g/mol. The van der Waals surface area contributed by atoms with Gasteiger partial charge in [-0.1, -0.05) is 20.3 Å². The number of nitrogens with one attached hydrogen (secondary N) is 1. The molecule has 0 fully saturated rings. The zero-order valence-electron chi connectivity index (χ0n) is 12.0. The van der Waals surface area contributed by atoms with E-state index in [-0.39, 0.29) is 10.8 Å². The monoisotopic (exact) mass is 379 g/mol. The third-order valence-corrected chi connectivity index (χ3v) is 5.25. The highest BCUT2D eigenvalue weighted by Gasteiger charge is 2.29. The van der Waals surface area contributed by atoms with Crippen LogP contribution >= 0.6 is 15.9 Å². The van der Waals surface area contributed by atoms with Crippen molar-refractivity contribution in [3.63, 3.8) is 0 Å². The van der Waals surface area contributed by atoms with Crippen LogP contribution in [-0.2, 0) is 14.8 Å². The lowest BCUT2D eigenvalue weighted by molar-refractivity contribution is -0.140. The number of carboxylic acid groups (broad SMARTS) is 1. The Morgan fingerprint density at radius 2 is 2.10 bits per heavy atom. The standard InChI is InChI=1S/C13H18BrNO5S/c1-4-8(2)12(13(16)17)15-21(18,19)9-5-6-11(20-3)10(14)7-9/h5-8,12,15H,4H2,1-3H3,(H,16,17)/t8-,12-/m0/s1. The molecule has 0 aliphatic rings. The molecule has 2 atom stereocenters. The number of benzene rings is 1. The normalized spacial score (nSPS) is 14.5. The molecule has 0 heterocycles. The van der Waals surface area contributed by atoms with E-state index < -0.39 is 22.0 Å². The van der Waals surface area contributed by atoms with Crippen molar-refractivity contribution in [3.8, 4) is 5.75 Å². The molecule has 0 unspecified atom stereocenters. The van der Waals surface area contributed by atoms with Gasteiger partial charge in [0.25, 0.3) is 0 Å². The van der Waals surface area contributed by atoms with E-state index in [0.717, 1.165) is 0 Å².